The topological polar surface area (TPSA) is 66.5 Å². The maximum Gasteiger partial charge on any atom is 0.240 e. The molecule has 138 valence electrons. The van der Waals surface area contributed by atoms with E-state index in [1.54, 1.807) is 31.1 Å². The van der Waals surface area contributed by atoms with E-state index in [0.717, 1.165) is 16.7 Å². The van der Waals surface area contributed by atoms with Gasteiger partial charge in [-0.25, -0.2) is 13.1 Å². The first-order valence-corrected chi connectivity index (χ1v) is 10.2. The van der Waals surface area contributed by atoms with Gasteiger partial charge in [-0.05, 0) is 53.8 Å². The molecule has 7 heteroatoms. The van der Waals surface area contributed by atoms with Crippen LogP contribution in [0.2, 0.25) is 5.02 Å². The Morgan fingerprint density at radius 2 is 1.77 bits per heavy atom. The first-order chi connectivity index (χ1) is 12.2. The highest BCUT2D eigenvalue weighted by molar-refractivity contribution is 7.89. The molecule has 0 saturated carbocycles. The van der Waals surface area contributed by atoms with Gasteiger partial charge in [-0.3, -0.25) is 4.79 Å². The van der Waals surface area contributed by atoms with Gasteiger partial charge in [0.05, 0.1) is 11.3 Å². The van der Waals surface area contributed by atoms with Gasteiger partial charge in [-0.2, -0.15) is 0 Å². The van der Waals surface area contributed by atoms with Gasteiger partial charge in [0.15, 0.2) is 0 Å². The van der Waals surface area contributed by atoms with E-state index in [9.17, 15) is 13.2 Å². The minimum Gasteiger partial charge on any atom is -0.349 e. The van der Waals surface area contributed by atoms with Crippen LogP contribution in [0.15, 0.2) is 47.4 Å². The molecule has 0 saturated heterocycles. The summed E-state index contributed by atoms with van der Waals surface area (Å²) in [6, 6.07) is 11.9. The number of amides is 1. The second-order valence-corrected chi connectivity index (χ2v) is 8.90. The van der Waals surface area contributed by atoms with E-state index in [1.807, 2.05) is 18.2 Å². The average Bonchev–Trinajstić information content (AvgIpc) is 2.95. The molecule has 0 bridgehead atoms. The van der Waals surface area contributed by atoms with Crippen LogP contribution >= 0.6 is 11.6 Å². The fourth-order valence-electron chi connectivity index (χ4n) is 3.10. The molecule has 1 atom stereocenters. The molecular weight excluding hydrogens is 372 g/mol. The van der Waals surface area contributed by atoms with Crippen molar-refractivity contribution in [3.8, 4) is 0 Å². The second-order valence-electron chi connectivity index (χ2n) is 6.75. The maximum atomic E-state index is 12.5. The van der Waals surface area contributed by atoms with Crippen molar-refractivity contribution in [2.75, 3.05) is 14.1 Å². The first kappa shape index (κ1) is 18.9. The maximum absolute atomic E-state index is 12.5. The van der Waals surface area contributed by atoms with Crippen molar-refractivity contribution < 1.29 is 13.2 Å². The number of hydrogen-bond acceptors (Lipinski definition) is 3. The van der Waals surface area contributed by atoms with Crippen LogP contribution in [-0.2, 0) is 34.1 Å². The minimum atomic E-state index is -3.59. The first-order valence-electron chi connectivity index (χ1n) is 8.33. The van der Waals surface area contributed by atoms with Gasteiger partial charge in [-0.1, -0.05) is 29.8 Å². The molecule has 1 amide bonds. The number of carbonyl (C=O) groups excluding carboxylic acids is 1. The molecule has 2 aromatic rings. The van der Waals surface area contributed by atoms with Gasteiger partial charge < -0.3 is 4.90 Å². The third-order valence-electron chi connectivity index (χ3n) is 4.50. The van der Waals surface area contributed by atoms with E-state index < -0.39 is 10.0 Å². The largest absolute Gasteiger partial charge is 0.349 e. The molecule has 1 aliphatic rings. The Kier molecular flexibility index (Phi) is 5.37. The quantitative estimate of drug-likeness (QED) is 0.849. The fourth-order valence-corrected chi connectivity index (χ4v) is 4.46. The predicted molar refractivity (Wildman–Crippen MR) is 102 cm³/mol. The predicted octanol–water partition coefficient (Wildman–Crippen LogP) is 2.42. The number of fused-ring (bicyclic) bond motifs is 1. The zero-order chi connectivity index (χ0) is 18.9. The SMILES string of the molecule is CN(C)C(=O)Cc1ccc2c(c1)CC(NS(=O)(=O)c1ccc(Cl)cc1)C2. The molecule has 0 heterocycles. The molecule has 0 aromatic heterocycles. The van der Waals surface area contributed by atoms with Gasteiger partial charge >= 0.3 is 0 Å². The summed E-state index contributed by atoms with van der Waals surface area (Å²) in [6.45, 7) is 0. The average molecular weight is 393 g/mol. The molecule has 0 spiro atoms. The van der Waals surface area contributed by atoms with Crippen molar-refractivity contribution in [2.24, 2.45) is 0 Å². The van der Waals surface area contributed by atoms with E-state index in [2.05, 4.69) is 4.72 Å². The summed E-state index contributed by atoms with van der Waals surface area (Å²) >= 11 is 5.82. The standard InChI is InChI=1S/C19H21ClN2O3S/c1-22(2)19(23)10-13-3-4-14-11-17(12-15(14)9-13)21-26(24,25)18-7-5-16(20)6-8-18/h3-9,17,21H,10-12H2,1-2H3. The summed E-state index contributed by atoms with van der Waals surface area (Å²) in [5, 5.41) is 0.497. The van der Waals surface area contributed by atoms with Crippen LogP contribution in [0.25, 0.3) is 0 Å². The molecule has 1 aliphatic carbocycles. The summed E-state index contributed by atoms with van der Waals surface area (Å²) in [6.07, 6.45) is 1.61. The minimum absolute atomic E-state index is 0.0444. The molecule has 2 aromatic carbocycles. The highest BCUT2D eigenvalue weighted by atomic mass is 35.5. The fraction of sp³-hybridized carbons (Fsp3) is 0.316. The molecule has 3 rings (SSSR count). The zero-order valence-electron chi connectivity index (χ0n) is 14.7. The highest BCUT2D eigenvalue weighted by Gasteiger charge is 2.27. The summed E-state index contributed by atoms with van der Waals surface area (Å²) in [7, 11) is -0.121. The summed E-state index contributed by atoms with van der Waals surface area (Å²) < 4.78 is 27.8. The smallest absolute Gasteiger partial charge is 0.240 e. The number of rotatable bonds is 5. The van der Waals surface area contributed by atoms with E-state index in [4.69, 9.17) is 11.6 Å². The number of benzene rings is 2. The Morgan fingerprint density at radius 3 is 2.42 bits per heavy atom. The van der Waals surface area contributed by atoms with Crippen molar-refractivity contribution in [1.29, 1.82) is 0 Å². The molecule has 1 N–H and O–H groups in total. The van der Waals surface area contributed by atoms with Crippen molar-refractivity contribution in [2.45, 2.75) is 30.2 Å². The summed E-state index contributed by atoms with van der Waals surface area (Å²) in [5.74, 6) is 0.0444. The third-order valence-corrected chi connectivity index (χ3v) is 6.29. The lowest BCUT2D eigenvalue weighted by molar-refractivity contribution is -0.127. The van der Waals surface area contributed by atoms with Crippen LogP contribution in [0, 0.1) is 0 Å². The third kappa shape index (κ3) is 4.26. The number of hydrogen-bond donors (Lipinski definition) is 1. The summed E-state index contributed by atoms with van der Waals surface area (Å²) in [5.41, 5.74) is 3.16. The Hall–Kier alpha value is -1.89. The molecule has 0 aliphatic heterocycles. The van der Waals surface area contributed by atoms with Crippen LogP contribution in [0.3, 0.4) is 0 Å². The number of sulfonamides is 1. The van der Waals surface area contributed by atoms with Crippen LogP contribution in [0.4, 0.5) is 0 Å². The Morgan fingerprint density at radius 1 is 1.12 bits per heavy atom. The van der Waals surface area contributed by atoms with Gasteiger partial charge in [0.2, 0.25) is 15.9 Å². The number of nitrogens with zero attached hydrogens (tertiary/aromatic N) is 1. The van der Waals surface area contributed by atoms with Gasteiger partial charge in [-0.15, -0.1) is 0 Å². The Labute approximate surface area is 159 Å². The monoisotopic (exact) mass is 392 g/mol. The zero-order valence-corrected chi connectivity index (χ0v) is 16.3. The summed E-state index contributed by atoms with van der Waals surface area (Å²) in [4.78, 5) is 13.6. The lowest BCUT2D eigenvalue weighted by Crippen LogP contribution is -2.35. The van der Waals surface area contributed by atoms with Gasteiger partial charge in [0.1, 0.15) is 0 Å². The molecule has 1 unspecified atom stereocenters. The number of halogens is 1. The van der Waals surface area contributed by atoms with E-state index in [0.29, 0.717) is 24.3 Å². The normalized spacial score (nSPS) is 16.3. The Balaban J connectivity index is 1.70. The van der Waals surface area contributed by atoms with Crippen LogP contribution < -0.4 is 4.72 Å². The van der Waals surface area contributed by atoms with Gasteiger partial charge in [0.25, 0.3) is 0 Å². The van der Waals surface area contributed by atoms with E-state index >= 15 is 0 Å². The van der Waals surface area contributed by atoms with Crippen molar-refractivity contribution >= 4 is 27.5 Å². The van der Waals surface area contributed by atoms with E-state index in [1.165, 1.54) is 12.1 Å². The lowest BCUT2D eigenvalue weighted by Gasteiger charge is -2.12. The van der Waals surface area contributed by atoms with Crippen LogP contribution in [-0.4, -0.2) is 39.4 Å². The molecule has 0 radical (unpaired) electrons. The Bertz CT molecular complexity index is 924. The number of likely N-dealkylation sites (N-methyl/N-ethyl adjacent to an activating group) is 1. The molecule has 5 nitrogen and oxygen atoms in total. The van der Waals surface area contributed by atoms with Crippen molar-refractivity contribution in [3.63, 3.8) is 0 Å². The number of carbonyl (C=O) groups is 1. The lowest BCUT2D eigenvalue weighted by atomic mass is 10.0. The van der Waals surface area contributed by atoms with Crippen molar-refractivity contribution in [1.82, 2.24) is 9.62 Å². The van der Waals surface area contributed by atoms with Crippen LogP contribution in [0.5, 0.6) is 0 Å². The number of nitrogens with one attached hydrogen (secondary N) is 1. The molecular formula is C19H21ClN2O3S. The van der Waals surface area contributed by atoms with Gasteiger partial charge in [0, 0.05) is 25.2 Å². The molecule has 0 fully saturated rings. The molecule has 26 heavy (non-hydrogen) atoms. The van der Waals surface area contributed by atoms with Crippen LogP contribution in [0.1, 0.15) is 16.7 Å². The van der Waals surface area contributed by atoms with Crippen molar-refractivity contribution in [3.05, 3.63) is 64.2 Å². The second kappa shape index (κ2) is 7.39. The highest BCUT2D eigenvalue weighted by Crippen LogP contribution is 2.25. The van der Waals surface area contributed by atoms with E-state index in [-0.39, 0.29) is 16.8 Å².